The van der Waals surface area contributed by atoms with Gasteiger partial charge in [0.1, 0.15) is 0 Å². The SMILES string of the molecule is CC1(C)c2ccccc2-c2ccc(N(c3ccccc3)c3cccc4c3c3ccccc3n4-c3cccc(-c4cccnc4)c3)cc21.c1ccc(N(c2ccc(-n3c4ccccc4c4ccccc43)cc2)c2cccc3c2c2ccccc2n3-c2cccc(-c3cccnc3)c2)cc1.c1ccc(N(c2ccc3sc4ccccc4c3c2)c2cccc3c2c2ccccc2n3-c2cccc(-c3cccnc3)c2)cc1. The fourth-order valence-corrected chi connectivity index (χ4v) is 23.2. The first-order valence-corrected chi connectivity index (χ1v) is 49.5. The molecule has 1 aliphatic rings. The molecule has 19 aromatic carbocycles. The van der Waals surface area contributed by atoms with Gasteiger partial charge >= 0.3 is 0 Å². The molecule has 0 amide bonds. The monoisotopic (exact) mass is 1850 g/mol. The summed E-state index contributed by atoms with van der Waals surface area (Å²) in [5.74, 6) is 0. The molecule has 676 valence electrons. The smallest absolute Gasteiger partial charge is 0.0562 e. The lowest BCUT2D eigenvalue weighted by Crippen LogP contribution is -2.16. The molecule has 27 aromatic rings. The van der Waals surface area contributed by atoms with E-state index in [9.17, 15) is 0 Å². The van der Waals surface area contributed by atoms with Gasteiger partial charge in [0, 0.05) is 179 Å². The van der Waals surface area contributed by atoms with E-state index in [0.29, 0.717) is 0 Å². The molecule has 0 spiro atoms. The number of fused-ring (bicyclic) bond motifs is 18. The molecule has 0 saturated carbocycles. The molecule has 0 bridgehead atoms. The number of rotatable bonds is 16. The number of hydrogen-bond acceptors (Lipinski definition) is 7. The Labute approximate surface area is 832 Å². The molecular weight excluding hydrogens is 1760 g/mol. The largest absolute Gasteiger partial charge is 0.310 e. The van der Waals surface area contributed by atoms with Crippen molar-refractivity contribution in [3.05, 3.63) is 534 Å². The van der Waals surface area contributed by atoms with Crippen LogP contribution in [0.3, 0.4) is 0 Å². The minimum atomic E-state index is -0.0916. The van der Waals surface area contributed by atoms with E-state index in [1.165, 1.54) is 119 Å². The summed E-state index contributed by atoms with van der Waals surface area (Å²) >= 11 is 1.85. The highest BCUT2D eigenvalue weighted by Crippen LogP contribution is 2.54. The van der Waals surface area contributed by atoms with Crippen molar-refractivity contribution in [3.63, 3.8) is 0 Å². The Kier molecular flexibility index (Phi) is 21.2. The van der Waals surface area contributed by atoms with E-state index < -0.39 is 0 Å². The van der Waals surface area contributed by atoms with Crippen LogP contribution in [0.1, 0.15) is 25.0 Å². The normalized spacial score (nSPS) is 12.0. The van der Waals surface area contributed by atoms with Crippen LogP contribution in [0.25, 0.3) is 175 Å². The molecule has 0 aliphatic heterocycles. The third kappa shape index (κ3) is 14.8. The molecule has 8 aromatic heterocycles. The van der Waals surface area contributed by atoms with E-state index in [0.717, 1.165) is 118 Å². The highest BCUT2D eigenvalue weighted by Gasteiger charge is 2.37. The predicted molar refractivity (Wildman–Crippen MR) is 601 cm³/mol. The maximum absolute atomic E-state index is 4.37. The second-order valence-electron chi connectivity index (χ2n) is 37.0. The van der Waals surface area contributed by atoms with Gasteiger partial charge in [-0.15, -0.1) is 11.3 Å². The lowest BCUT2D eigenvalue weighted by atomic mass is 9.82. The van der Waals surface area contributed by atoms with E-state index in [1.54, 1.807) is 0 Å². The number of pyridine rings is 3. The zero-order valence-electron chi connectivity index (χ0n) is 78.5. The molecule has 0 unspecified atom stereocenters. The molecule has 11 heteroatoms. The van der Waals surface area contributed by atoms with Crippen LogP contribution in [0.2, 0.25) is 0 Å². The van der Waals surface area contributed by atoms with E-state index in [-0.39, 0.29) is 5.41 Å². The average Bonchev–Trinajstić information content (AvgIpc) is 1.57. The molecule has 10 nitrogen and oxygen atoms in total. The second kappa shape index (κ2) is 35.8. The molecule has 143 heavy (non-hydrogen) atoms. The van der Waals surface area contributed by atoms with Crippen LogP contribution in [0.5, 0.6) is 0 Å². The third-order valence-electron chi connectivity index (χ3n) is 28.5. The highest BCUT2D eigenvalue weighted by atomic mass is 32.1. The summed E-state index contributed by atoms with van der Waals surface area (Å²) in [6.07, 6.45) is 11.2. The minimum Gasteiger partial charge on any atom is -0.310 e. The van der Waals surface area contributed by atoms with Crippen molar-refractivity contribution >= 4 is 170 Å². The number of aromatic nitrogens is 7. The fourth-order valence-electron chi connectivity index (χ4n) is 22.1. The van der Waals surface area contributed by atoms with Gasteiger partial charge in [0.2, 0.25) is 0 Å². The number of para-hydroxylation sites is 8. The fraction of sp³-hybridized carbons (Fsp3) is 0.0227. The van der Waals surface area contributed by atoms with Gasteiger partial charge in [0.25, 0.3) is 0 Å². The van der Waals surface area contributed by atoms with E-state index in [4.69, 9.17) is 0 Å². The van der Waals surface area contributed by atoms with Gasteiger partial charge in [-0.05, 0) is 257 Å². The van der Waals surface area contributed by atoms with Crippen LogP contribution in [0, 0.1) is 0 Å². The van der Waals surface area contributed by atoms with Gasteiger partial charge in [-0.25, -0.2) is 0 Å². The average molecular weight is 1850 g/mol. The summed E-state index contributed by atoms with van der Waals surface area (Å²) in [7, 11) is 0. The van der Waals surface area contributed by atoms with E-state index in [1.807, 2.05) is 66.7 Å². The predicted octanol–water partition coefficient (Wildman–Crippen LogP) is 35.7. The molecule has 0 saturated heterocycles. The van der Waals surface area contributed by atoms with Crippen molar-refractivity contribution in [2.45, 2.75) is 19.3 Å². The Hall–Kier alpha value is -18.6. The Bertz CT molecular complexity index is 9470. The van der Waals surface area contributed by atoms with E-state index in [2.05, 4.69) is 529 Å². The summed E-state index contributed by atoms with van der Waals surface area (Å²) in [5, 5.41) is 12.4. The first-order valence-electron chi connectivity index (χ1n) is 48.7. The van der Waals surface area contributed by atoms with E-state index >= 15 is 0 Å². The lowest BCUT2D eigenvalue weighted by molar-refractivity contribution is 0.660. The lowest BCUT2D eigenvalue weighted by Gasteiger charge is -2.28. The number of thiophene rings is 1. The standard InChI is InChI=1S/C47H32N4.C44H33N3.C41H27N3S/c1-2-15-35(16-3-1)49(36-26-28-37(29-27-36)50-42-21-7-4-18-39(42)40-19-5-8-22-43(40)50)45-24-11-25-46-47(45)41-20-6-9-23-44(41)51(46)38-17-10-13-33(31-38)34-14-12-30-48-32-34;1-44(2)38-20-8-6-18-35(38)36-25-24-34(28-39(36)44)46(32-15-4-3-5-16-32)41-22-11-23-42-43(41)37-19-7-9-21-40(37)47(42)33-17-10-13-30(27-33)31-14-12-26-45-29-31;1-2-13-30(14-3-1)43(32-22-23-40-35(26-32)33-16-5-7-21-39(33)45-40)37-19-9-20-38-41(37)34-17-4-6-18-36(34)44(38)31-15-8-11-28(25-31)29-12-10-24-42-27-29/h1-32H;3-29H,1-2H3;1-27H. The third-order valence-corrected chi connectivity index (χ3v) is 29.6. The molecular formula is C132H92N10S. The van der Waals surface area contributed by atoms with Crippen molar-refractivity contribution in [3.8, 4) is 67.3 Å². The van der Waals surface area contributed by atoms with Gasteiger partial charge in [-0.3, -0.25) is 15.0 Å². The number of nitrogens with zero attached hydrogens (tertiary/aromatic N) is 10. The second-order valence-corrected chi connectivity index (χ2v) is 38.1. The van der Waals surface area contributed by atoms with Gasteiger partial charge in [0.05, 0.1) is 61.2 Å². The highest BCUT2D eigenvalue weighted by molar-refractivity contribution is 7.25. The van der Waals surface area contributed by atoms with Crippen LogP contribution >= 0.6 is 11.3 Å². The molecule has 0 N–H and O–H groups in total. The number of anilines is 9. The first kappa shape index (κ1) is 84.9. The Morgan fingerprint density at radius 2 is 0.517 bits per heavy atom. The molecule has 0 atom stereocenters. The number of hydrogen-bond donors (Lipinski definition) is 0. The van der Waals surface area contributed by atoms with Crippen molar-refractivity contribution < 1.29 is 0 Å². The van der Waals surface area contributed by atoms with Gasteiger partial charge in [-0.1, -0.05) is 281 Å². The maximum Gasteiger partial charge on any atom is 0.0562 e. The Morgan fingerprint density at radius 3 is 0.951 bits per heavy atom. The van der Waals surface area contributed by atoms with Gasteiger partial charge < -0.3 is 33.0 Å². The Balaban J connectivity index is 0.000000110. The summed E-state index contributed by atoms with van der Waals surface area (Å²) in [6, 6.07) is 175. The summed E-state index contributed by atoms with van der Waals surface area (Å²) in [4.78, 5) is 20.3. The first-order chi connectivity index (χ1) is 70.8. The van der Waals surface area contributed by atoms with Crippen LogP contribution < -0.4 is 14.7 Å². The number of benzene rings is 19. The summed E-state index contributed by atoms with van der Waals surface area (Å²) < 4.78 is 12.2. The van der Waals surface area contributed by atoms with Gasteiger partial charge in [-0.2, -0.15) is 0 Å². The molecule has 8 heterocycles. The van der Waals surface area contributed by atoms with Crippen molar-refractivity contribution in [1.82, 2.24) is 33.2 Å². The van der Waals surface area contributed by atoms with Crippen LogP contribution in [-0.4, -0.2) is 33.2 Å². The zero-order valence-corrected chi connectivity index (χ0v) is 79.3. The van der Waals surface area contributed by atoms with Crippen LogP contribution in [0.4, 0.5) is 51.2 Å². The molecule has 28 rings (SSSR count). The Morgan fingerprint density at radius 1 is 0.203 bits per heavy atom. The quantitative estimate of drug-likeness (QED) is 0.0960. The van der Waals surface area contributed by atoms with Crippen LogP contribution in [0.15, 0.2) is 522 Å². The van der Waals surface area contributed by atoms with Crippen molar-refractivity contribution in [2.24, 2.45) is 0 Å². The minimum absolute atomic E-state index is 0.0916. The summed E-state index contributed by atoms with van der Waals surface area (Å²) in [6.45, 7) is 4.70. The van der Waals surface area contributed by atoms with Crippen LogP contribution in [-0.2, 0) is 5.41 Å². The molecule has 0 radical (unpaired) electrons. The maximum atomic E-state index is 4.37. The summed E-state index contributed by atoms with van der Waals surface area (Å²) in [5.41, 5.74) is 36.1. The molecule has 1 aliphatic carbocycles. The van der Waals surface area contributed by atoms with Gasteiger partial charge in [0.15, 0.2) is 0 Å². The zero-order chi connectivity index (χ0) is 95.0. The molecule has 0 fully saturated rings. The van der Waals surface area contributed by atoms with Crippen molar-refractivity contribution in [2.75, 3.05) is 14.7 Å². The van der Waals surface area contributed by atoms with Crippen molar-refractivity contribution in [1.29, 1.82) is 0 Å². The topological polar surface area (TPSA) is 68.1 Å².